The number of halogens is 1. The van der Waals surface area contributed by atoms with E-state index in [0.29, 0.717) is 25.5 Å². The lowest BCUT2D eigenvalue weighted by Crippen LogP contribution is -2.53. The summed E-state index contributed by atoms with van der Waals surface area (Å²) in [4.78, 5) is 17.5. The highest BCUT2D eigenvalue weighted by Crippen LogP contribution is 2.36. The normalized spacial score (nSPS) is 22.8. The summed E-state index contributed by atoms with van der Waals surface area (Å²) in [5.74, 6) is 0.855. The third kappa shape index (κ3) is 7.49. The highest BCUT2D eigenvalue weighted by molar-refractivity contribution is 5.65. The van der Waals surface area contributed by atoms with E-state index in [9.17, 15) is 19.4 Å². The summed E-state index contributed by atoms with van der Waals surface area (Å²) in [6.45, 7) is 4.79. The predicted octanol–water partition coefficient (Wildman–Crippen LogP) is 4.74. The van der Waals surface area contributed by atoms with E-state index in [2.05, 4.69) is 15.9 Å². The number of β-amino-alcohol motifs (C(OH)–C–C–N with tert-alkyl or cyclic N) is 1. The molecule has 46 heavy (non-hydrogen) atoms. The molecule has 246 valence electrons. The maximum atomic E-state index is 13.7. The summed E-state index contributed by atoms with van der Waals surface area (Å²) < 4.78 is 37.5. The van der Waals surface area contributed by atoms with Gasteiger partial charge >= 0.3 is 6.09 Å². The van der Waals surface area contributed by atoms with E-state index in [1.165, 1.54) is 17.0 Å². The molecule has 3 aromatic rings. The molecule has 2 fully saturated rings. The van der Waals surface area contributed by atoms with Gasteiger partial charge in [0.15, 0.2) is 0 Å². The summed E-state index contributed by atoms with van der Waals surface area (Å²) >= 11 is 0. The van der Waals surface area contributed by atoms with Gasteiger partial charge in [0.05, 0.1) is 50.7 Å². The molecular weight excluding hydrogens is 593 g/mol. The average molecular weight is 636 g/mol. The van der Waals surface area contributed by atoms with Crippen molar-refractivity contribution < 1.29 is 38.3 Å². The molecule has 11 heteroatoms. The van der Waals surface area contributed by atoms with E-state index >= 15 is 0 Å². The zero-order valence-electron chi connectivity index (χ0n) is 26.1. The van der Waals surface area contributed by atoms with Gasteiger partial charge in [0.1, 0.15) is 30.0 Å². The molecule has 0 aromatic heterocycles. The van der Waals surface area contributed by atoms with Crippen LogP contribution in [0, 0.1) is 5.82 Å². The van der Waals surface area contributed by atoms with Crippen LogP contribution in [0.4, 0.5) is 20.6 Å². The minimum atomic E-state index is -1.09. The van der Waals surface area contributed by atoms with E-state index in [1.54, 1.807) is 13.2 Å². The van der Waals surface area contributed by atoms with Crippen molar-refractivity contribution in [2.45, 2.75) is 43.7 Å². The van der Waals surface area contributed by atoms with Gasteiger partial charge in [-0.05, 0) is 60.0 Å². The number of anilines is 2. The first-order chi connectivity index (χ1) is 22.4. The average Bonchev–Trinajstić information content (AvgIpc) is 3.53. The Morgan fingerprint density at radius 1 is 1.04 bits per heavy atom. The van der Waals surface area contributed by atoms with Gasteiger partial charge in [-0.1, -0.05) is 24.3 Å². The number of benzene rings is 3. The molecule has 6 rings (SSSR count). The van der Waals surface area contributed by atoms with E-state index in [4.69, 9.17) is 18.9 Å². The van der Waals surface area contributed by atoms with Crippen molar-refractivity contribution in [3.63, 3.8) is 0 Å². The maximum Gasteiger partial charge on any atom is 0.407 e. The van der Waals surface area contributed by atoms with E-state index < -0.39 is 24.2 Å². The number of hydrogen-bond acceptors (Lipinski definition) is 8. The Labute approximate surface area is 268 Å². The van der Waals surface area contributed by atoms with Crippen molar-refractivity contribution in [3.05, 3.63) is 83.7 Å². The van der Waals surface area contributed by atoms with Gasteiger partial charge in [-0.2, -0.15) is 0 Å². The summed E-state index contributed by atoms with van der Waals surface area (Å²) in [6, 6.07) is 20.2. The van der Waals surface area contributed by atoms with Gasteiger partial charge in [-0.15, -0.1) is 0 Å². The first kappa shape index (κ1) is 31.9. The second-order valence-corrected chi connectivity index (χ2v) is 12.1. The minimum absolute atomic E-state index is 0.00270. The molecule has 3 aliphatic rings. The molecule has 0 radical (unpaired) electrons. The number of rotatable bonds is 11. The quantitative estimate of drug-likeness (QED) is 0.289. The minimum Gasteiger partial charge on any atom is -0.490 e. The predicted molar refractivity (Wildman–Crippen MR) is 172 cm³/mol. The van der Waals surface area contributed by atoms with Crippen molar-refractivity contribution >= 4 is 17.5 Å². The fourth-order valence-electron chi connectivity index (χ4n) is 6.68. The Hall–Kier alpha value is -4.06. The molecular formula is C35H42FN3O7. The Balaban J connectivity index is 1.12. The second-order valence-electron chi connectivity index (χ2n) is 12.1. The summed E-state index contributed by atoms with van der Waals surface area (Å²) in [5.41, 5.74) is 3.64. The number of piperidine rings is 1. The Morgan fingerprint density at radius 2 is 1.89 bits per heavy atom. The first-order valence-corrected chi connectivity index (χ1v) is 15.9. The topological polar surface area (TPSA) is 104 Å². The lowest BCUT2D eigenvalue weighted by atomic mass is 9.84. The fourth-order valence-corrected chi connectivity index (χ4v) is 6.68. The van der Waals surface area contributed by atoms with E-state index in [0.717, 1.165) is 60.7 Å². The van der Waals surface area contributed by atoms with Gasteiger partial charge < -0.3 is 43.9 Å². The van der Waals surface area contributed by atoms with Crippen molar-refractivity contribution in [2.24, 2.45) is 0 Å². The fraction of sp³-hybridized carbons (Fsp3) is 0.457. The molecule has 3 heterocycles. The van der Waals surface area contributed by atoms with E-state index in [1.807, 2.05) is 42.5 Å². The summed E-state index contributed by atoms with van der Waals surface area (Å²) in [6.07, 6.45) is -0.902. The Bertz CT molecular complexity index is 1470. The number of methoxy groups -OCH3 is 1. The zero-order valence-corrected chi connectivity index (χ0v) is 26.1. The second kappa shape index (κ2) is 14.6. The maximum absolute atomic E-state index is 13.7. The highest BCUT2D eigenvalue weighted by Gasteiger charge is 2.39. The molecule has 0 bridgehead atoms. The van der Waals surface area contributed by atoms with Crippen molar-refractivity contribution in [1.29, 1.82) is 0 Å². The number of likely N-dealkylation sites (tertiary alicyclic amines) is 1. The van der Waals surface area contributed by atoms with Gasteiger partial charge in [0.25, 0.3) is 0 Å². The molecule has 0 saturated carbocycles. The first-order valence-electron chi connectivity index (χ1n) is 15.9. The lowest BCUT2D eigenvalue weighted by Gasteiger charge is -2.40. The Morgan fingerprint density at radius 3 is 2.67 bits per heavy atom. The molecule has 2 N–H and O–H groups in total. The summed E-state index contributed by atoms with van der Waals surface area (Å²) in [7, 11) is 1.70. The van der Waals surface area contributed by atoms with Crippen LogP contribution in [0.25, 0.3) is 0 Å². The van der Waals surface area contributed by atoms with Crippen LogP contribution in [0.3, 0.4) is 0 Å². The van der Waals surface area contributed by atoms with Gasteiger partial charge in [-0.25, -0.2) is 9.18 Å². The standard InChI is InChI=1S/C35H42FN3O7/c1-43-16-3-13-37-15-17-44-32-11-6-24(18-30(32)37)23-45-33-22-39(35(41)42)21-31(40)34(33)25-7-9-28(10-8-25)46-29-12-14-38(20-29)27-5-2-4-26(36)19-27/h2,4-11,18-19,29,31,33-34,40H,3,12-17,20-23H2,1H3,(H,41,42). The third-order valence-corrected chi connectivity index (χ3v) is 9.00. The molecule has 0 spiro atoms. The molecule has 2 saturated heterocycles. The SMILES string of the molecule is COCCCN1CCOc2ccc(COC3CN(C(=O)O)CC(O)C3c3ccc(OC4CCN(c5cccc(F)c5)C4)cc3)cc21. The number of aliphatic hydroxyl groups excluding tert-OH is 1. The highest BCUT2D eigenvalue weighted by atomic mass is 19.1. The van der Waals surface area contributed by atoms with Crippen LogP contribution >= 0.6 is 0 Å². The third-order valence-electron chi connectivity index (χ3n) is 9.00. The summed E-state index contributed by atoms with van der Waals surface area (Å²) in [5, 5.41) is 20.9. The number of nitrogens with zero attached hydrogens (tertiary/aromatic N) is 3. The monoisotopic (exact) mass is 635 g/mol. The Kier molecular flexibility index (Phi) is 10.1. The smallest absolute Gasteiger partial charge is 0.407 e. The van der Waals surface area contributed by atoms with Gasteiger partial charge in [0, 0.05) is 44.8 Å². The lowest BCUT2D eigenvalue weighted by molar-refractivity contribution is -0.0660. The molecule has 3 aliphatic heterocycles. The van der Waals surface area contributed by atoms with Gasteiger partial charge in [-0.3, -0.25) is 0 Å². The van der Waals surface area contributed by atoms with Crippen molar-refractivity contribution in [2.75, 3.05) is 69.4 Å². The molecule has 4 unspecified atom stereocenters. The van der Waals surface area contributed by atoms with Crippen molar-refractivity contribution in [3.8, 4) is 11.5 Å². The number of carbonyl (C=O) groups is 1. The van der Waals surface area contributed by atoms with Crippen LogP contribution < -0.4 is 19.3 Å². The zero-order chi connectivity index (χ0) is 32.0. The number of aliphatic hydroxyl groups is 1. The molecule has 0 aliphatic carbocycles. The van der Waals surface area contributed by atoms with Crippen LogP contribution in [-0.2, 0) is 16.1 Å². The number of ether oxygens (including phenoxy) is 4. The molecule has 1 amide bonds. The number of hydrogen-bond donors (Lipinski definition) is 2. The van der Waals surface area contributed by atoms with Crippen LogP contribution in [-0.4, -0.2) is 99.1 Å². The van der Waals surface area contributed by atoms with Crippen LogP contribution in [0.2, 0.25) is 0 Å². The number of amides is 1. The van der Waals surface area contributed by atoms with E-state index in [-0.39, 0.29) is 31.6 Å². The van der Waals surface area contributed by atoms with Crippen LogP contribution in [0.5, 0.6) is 11.5 Å². The molecule has 4 atom stereocenters. The van der Waals surface area contributed by atoms with Crippen LogP contribution in [0.1, 0.15) is 29.9 Å². The number of carboxylic acid groups (broad SMARTS) is 1. The number of fused-ring (bicyclic) bond motifs is 1. The van der Waals surface area contributed by atoms with Crippen molar-refractivity contribution in [1.82, 2.24) is 4.90 Å². The van der Waals surface area contributed by atoms with Gasteiger partial charge in [0.2, 0.25) is 0 Å². The molecule has 10 nitrogen and oxygen atoms in total. The van der Waals surface area contributed by atoms with Crippen LogP contribution in [0.15, 0.2) is 66.7 Å². The largest absolute Gasteiger partial charge is 0.490 e. The molecule has 3 aromatic carbocycles.